The van der Waals surface area contributed by atoms with E-state index in [0.717, 1.165) is 52.2 Å². The Morgan fingerprint density at radius 3 is 2.58 bits per heavy atom. The quantitative estimate of drug-likeness (QED) is 0.588. The number of nitriles is 1. The van der Waals surface area contributed by atoms with E-state index in [-0.39, 0.29) is 0 Å². The molecule has 0 atom stereocenters. The molecule has 0 unspecified atom stereocenters. The summed E-state index contributed by atoms with van der Waals surface area (Å²) in [6.45, 7) is 4.54. The van der Waals surface area contributed by atoms with Crippen molar-refractivity contribution < 1.29 is 0 Å². The first-order valence-electron chi connectivity index (χ1n) is 10.5. The molecular weight excluding hydrogens is 406 g/mol. The molecule has 2 aromatic heterocycles. The van der Waals surface area contributed by atoms with E-state index in [4.69, 9.17) is 5.73 Å². The maximum Gasteiger partial charge on any atom is 0.160 e. The van der Waals surface area contributed by atoms with Gasteiger partial charge in [0, 0.05) is 42.0 Å². The Morgan fingerprint density at radius 2 is 1.87 bits per heavy atom. The Hall–Kier alpha value is -3.02. The molecule has 0 saturated carbocycles. The maximum atomic E-state index is 9.41. The summed E-state index contributed by atoms with van der Waals surface area (Å²) in [6, 6.07) is 9.83. The summed E-state index contributed by atoms with van der Waals surface area (Å²) in [5.41, 5.74) is 8.10. The van der Waals surface area contributed by atoms with Gasteiger partial charge in [-0.25, -0.2) is 19.9 Å². The van der Waals surface area contributed by atoms with E-state index in [0.29, 0.717) is 17.9 Å². The second-order valence-corrected chi connectivity index (χ2v) is 8.60. The van der Waals surface area contributed by atoms with Gasteiger partial charge in [-0.2, -0.15) is 5.26 Å². The lowest BCUT2D eigenvalue weighted by Crippen LogP contribution is -2.30. The van der Waals surface area contributed by atoms with E-state index in [1.54, 1.807) is 6.07 Å². The zero-order valence-corrected chi connectivity index (χ0v) is 18.4. The minimum Gasteiger partial charge on any atom is -0.356 e. The van der Waals surface area contributed by atoms with E-state index in [9.17, 15) is 5.26 Å². The van der Waals surface area contributed by atoms with Gasteiger partial charge in [0.15, 0.2) is 5.82 Å². The summed E-state index contributed by atoms with van der Waals surface area (Å²) >= 11 is 1.52. The third-order valence-electron chi connectivity index (χ3n) is 5.19. The molecule has 3 heterocycles. The molecule has 1 aliphatic rings. The number of hydrogen-bond acceptors (Lipinski definition) is 8. The molecule has 3 aromatic rings. The second-order valence-electron chi connectivity index (χ2n) is 7.54. The Kier molecular flexibility index (Phi) is 6.75. The minimum absolute atomic E-state index is 0.563. The molecule has 1 aromatic carbocycles. The number of benzene rings is 1. The van der Waals surface area contributed by atoms with Crippen LogP contribution in [0.2, 0.25) is 0 Å². The number of piperidine rings is 1. The van der Waals surface area contributed by atoms with Crippen LogP contribution in [0, 0.1) is 18.3 Å². The van der Waals surface area contributed by atoms with Crippen LogP contribution in [0.25, 0.3) is 11.4 Å². The van der Waals surface area contributed by atoms with E-state index >= 15 is 0 Å². The van der Waals surface area contributed by atoms with Crippen molar-refractivity contribution in [3.05, 3.63) is 53.6 Å². The molecule has 1 fully saturated rings. The molecule has 31 heavy (non-hydrogen) atoms. The highest BCUT2D eigenvalue weighted by molar-refractivity contribution is 7.99. The third-order valence-corrected chi connectivity index (χ3v) is 6.16. The molecule has 0 radical (unpaired) electrons. The molecule has 8 heteroatoms. The predicted octanol–water partition coefficient (Wildman–Crippen LogP) is 3.76. The molecule has 7 nitrogen and oxygen atoms in total. The summed E-state index contributed by atoms with van der Waals surface area (Å²) in [7, 11) is 0. The molecular formula is C23H25N7S. The number of anilines is 1. The molecule has 0 spiro atoms. The van der Waals surface area contributed by atoms with Gasteiger partial charge in [0.1, 0.15) is 16.7 Å². The van der Waals surface area contributed by atoms with Crippen molar-refractivity contribution in [3.8, 4) is 17.5 Å². The molecule has 0 amide bonds. The Bertz CT molecular complexity index is 1090. The van der Waals surface area contributed by atoms with Crippen LogP contribution in [-0.4, -0.2) is 39.6 Å². The number of rotatable bonds is 6. The first-order valence-corrected chi connectivity index (χ1v) is 11.3. The second kappa shape index (κ2) is 9.86. The molecule has 0 aliphatic carbocycles. The molecule has 158 valence electrons. The summed E-state index contributed by atoms with van der Waals surface area (Å²) in [5, 5.41) is 10.3. The van der Waals surface area contributed by atoms with Crippen molar-refractivity contribution in [3.63, 3.8) is 0 Å². The lowest BCUT2D eigenvalue weighted by Gasteiger charge is -2.28. The Balaban J connectivity index is 1.67. The van der Waals surface area contributed by atoms with Crippen molar-refractivity contribution in [2.24, 2.45) is 5.73 Å². The SMILES string of the molecule is Cc1nc(Sc2cc(C#N)ccc2-c2ncc(CCN)cn2)cc(N2CCCCC2)n1. The summed E-state index contributed by atoms with van der Waals surface area (Å²) < 4.78 is 0. The highest BCUT2D eigenvalue weighted by Gasteiger charge is 2.16. The topological polar surface area (TPSA) is 105 Å². The summed E-state index contributed by atoms with van der Waals surface area (Å²) in [4.78, 5) is 21.6. The smallest absolute Gasteiger partial charge is 0.160 e. The van der Waals surface area contributed by atoms with Crippen molar-refractivity contribution >= 4 is 17.6 Å². The van der Waals surface area contributed by atoms with Crippen LogP contribution < -0.4 is 10.6 Å². The van der Waals surface area contributed by atoms with Gasteiger partial charge in [-0.15, -0.1) is 0 Å². The van der Waals surface area contributed by atoms with Gasteiger partial charge in [-0.1, -0.05) is 11.8 Å². The molecule has 0 bridgehead atoms. The monoisotopic (exact) mass is 431 g/mol. The van der Waals surface area contributed by atoms with Gasteiger partial charge in [-0.3, -0.25) is 0 Å². The van der Waals surface area contributed by atoms with Crippen LogP contribution in [0.3, 0.4) is 0 Å². The fourth-order valence-corrected chi connectivity index (χ4v) is 4.65. The van der Waals surface area contributed by atoms with E-state index in [1.807, 2.05) is 37.5 Å². The van der Waals surface area contributed by atoms with E-state index in [1.165, 1.54) is 31.0 Å². The van der Waals surface area contributed by atoms with Crippen LogP contribution in [0.1, 0.15) is 36.2 Å². The lowest BCUT2D eigenvalue weighted by atomic mass is 10.1. The summed E-state index contributed by atoms with van der Waals surface area (Å²) in [6.07, 6.45) is 8.02. The standard InChI is InChI=1S/C23H25N7S/c1-16-28-21(30-9-3-2-4-10-30)12-22(29-16)31-20-11-17(13-25)5-6-19(20)23-26-14-18(7-8-24)15-27-23/h5-6,11-12,14-15H,2-4,7-10,24H2,1H3. The van der Waals surface area contributed by atoms with Crippen LogP contribution in [0.4, 0.5) is 5.82 Å². The Morgan fingerprint density at radius 1 is 1.10 bits per heavy atom. The summed E-state index contributed by atoms with van der Waals surface area (Å²) in [5.74, 6) is 2.33. The molecule has 1 saturated heterocycles. The van der Waals surface area contributed by atoms with Crippen LogP contribution in [0.5, 0.6) is 0 Å². The van der Waals surface area contributed by atoms with Gasteiger partial charge < -0.3 is 10.6 Å². The average Bonchev–Trinajstić information content (AvgIpc) is 2.80. The van der Waals surface area contributed by atoms with Crippen molar-refractivity contribution in [2.45, 2.75) is 42.5 Å². The highest BCUT2D eigenvalue weighted by Crippen LogP contribution is 2.36. The largest absolute Gasteiger partial charge is 0.356 e. The van der Waals surface area contributed by atoms with Gasteiger partial charge in [0.2, 0.25) is 0 Å². The fourth-order valence-electron chi connectivity index (χ4n) is 3.63. The fraction of sp³-hybridized carbons (Fsp3) is 0.348. The van der Waals surface area contributed by atoms with Crippen molar-refractivity contribution in [2.75, 3.05) is 24.5 Å². The zero-order valence-electron chi connectivity index (χ0n) is 17.6. The van der Waals surface area contributed by atoms with Crippen LogP contribution in [-0.2, 0) is 6.42 Å². The highest BCUT2D eigenvalue weighted by atomic mass is 32.2. The number of aryl methyl sites for hydroxylation is 1. The third kappa shape index (κ3) is 5.19. The minimum atomic E-state index is 0.563. The Labute approximate surface area is 186 Å². The van der Waals surface area contributed by atoms with E-state index in [2.05, 4.69) is 30.9 Å². The van der Waals surface area contributed by atoms with Gasteiger partial charge in [0.05, 0.1) is 11.6 Å². The van der Waals surface area contributed by atoms with E-state index < -0.39 is 0 Å². The van der Waals surface area contributed by atoms with Gasteiger partial charge in [0.25, 0.3) is 0 Å². The van der Waals surface area contributed by atoms with Crippen LogP contribution >= 0.6 is 11.8 Å². The number of nitrogens with zero attached hydrogens (tertiary/aromatic N) is 6. The first kappa shape index (κ1) is 21.2. The molecule has 2 N–H and O–H groups in total. The van der Waals surface area contributed by atoms with Crippen LogP contribution in [0.15, 0.2) is 46.6 Å². The van der Waals surface area contributed by atoms with Crippen molar-refractivity contribution in [1.29, 1.82) is 5.26 Å². The normalized spacial score (nSPS) is 13.8. The number of hydrogen-bond donors (Lipinski definition) is 1. The number of nitrogens with two attached hydrogens (primary N) is 1. The van der Waals surface area contributed by atoms with Crippen molar-refractivity contribution in [1.82, 2.24) is 19.9 Å². The number of aromatic nitrogens is 4. The van der Waals surface area contributed by atoms with Gasteiger partial charge >= 0.3 is 0 Å². The molecule has 1 aliphatic heterocycles. The molecule has 4 rings (SSSR count). The van der Waals surface area contributed by atoms with Gasteiger partial charge in [-0.05, 0) is 62.9 Å². The maximum absolute atomic E-state index is 9.41. The lowest BCUT2D eigenvalue weighted by molar-refractivity contribution is 0.571. The zero-order chi connectivity index (χ0) is 21.6. The first-order chi connectivity index (χ1) is 15.2. The average molecular weight is 432 g/mol. The predicted molar refractivity (Wildman–Crippen MR) is 122 cm³/mol.